The number of esters is 1. The second-order valence-electron chi connectivity index (χ2n) is 7.87. The van der Waals surface area contributed by atoms with Gasteiger partial charge in [0, 0.05) is 5.70 Å². The van der Waals surface area contributed by atoms with Gasteiger partial charge in [0.25, 0.3) is 0 Å². The standard InChI is InChI=1S/C20H28N2O5/c1-10-8-13(9-14(26-7)17(10)23)16-15(11(2)21-19(25)22-16)18(24)27-12(3)20(4,5)6/h8-9,12,16,23H,1-7H3,(H2,21,22,25). The number of methoxy groups -OCH3 is 1. The molecule has 1 aliphatic rings. The van der Waals surface area contributed by atoms with Gasteiger partial charge in [-0.1, -0.05) is 20.8 Å². The Balaban J connectivity index is 2.47. The van der Waals surface area contributed by atoms with Crippen molar-refractivity contribution in [2.45, 2.75) is 53.7 Å². The number of carbonyl (C=O) groups is 2. The average molecular weight is 376 g/mol. The number of aryl methyl sites for hydroxylation is 1. The summed E-state index contributed by atoms with van der Waals surface area (Å²) >= 11 is 0. The van der Waals surface area contributed by atoms with E-state index in [1.807, 2.05) is 27.7 Å². The van der Waals surface area contributed by atoms with Gasteiger partial charge in [-0.2, -0.15) is 0 Å². The van der Waals surface area contributed by atoms with Crippen LogP contribution >= 0.6 is 0 Å². The van der Waals surface area contributed by atoms with E-state index in [-0.39, 0.29) is 23.0 Å². The zero-order valence-electron chi connectivity index (χ0n) is 16.9. The third-order valence-electron chi connectivity index (χ3n) is 4.83. The molecule has 2 rings (SSSR count). The normalized spacial score (nSPS) is 18.5. The Labute approximate surface area is 159 Å². The summed E-state index contributed by atoms with van der Waals surface area (Å²) in [4.78, 5) is 24.9. The van der Waals surface area contributed by atoms with Gasteiger partial charge >= 0.3 is 12.0 Å². The first-order chi connectivity index (χ1) is 12.5. The molecule has 7 nitrogen and oxygen atoms in total. The highest BCUT2D eigenvalue weighted by Gasteiger charge is 2.35. The van der Waals surface area contributed by atoms with Crippen molar-refractivity contribution >= 4 is 12.0 Å². The molecule has 1 aromatic carbocycles. The summed E-state index contributed by atoms with van der Waals surface area (Å²) in [5, 5.41) is 15.5. The fraction of sp³-hybridized carbons (Fsp3) is 0.500. The predicted octanol–water partition coefficient (Wildman–Crippen LogP) is 3.31. The molecule has 0 saturated carbocycles. The number of nitrogens with one attached hydrogen (secondary N) is 2. The number of phenols is 1. The van der Waals surface area contributed by atoms with E-state index in [0.717, 1.165) is 0 Å². The first-order valence-corrected chi connectivity index (χ1v) is 8.82. The molecule has 0 spiro atoms. The van der Waals surface area contributed by atoms with Crippen molar-refractivity contribution in [2.75, 3.05) is 7.11 Å². The minimum Gasteiger partial charge on any atom is -0.504 e. The molecule has 1 aromatic rings. The summed E-state index contributed by atoms with van der Waals surface area (Å²) in [7, 11) is 1.44. The van der Waals surface area contributed by atoms with Crippen LogP contribution in [0, 0.1) is 12.3 Å². The minimum absolute atomic E-state index is 0.0210. The van der Waals surface area contributed by atoms with Crippen molar-refractivity contribution in [3.05, 3.63) is 34.5 Å². The number of hydrogen-bond donors (Lipinski definition) is 3. The third kappa shape index (κ3) is 4.35. The lowest BCUT2D eigenvalue weighted by atomic mass is 9.90. The quantitative estimate of drug-likeness (QED) is 0.701. The van der Waals surface area contributed by atoms with Crippen LogP contribution in [0.5, 0.6) is 11.5 Å². The summed E-state index contributed by atoms with van der Waals surface area (Å²) in [5.41, 5.74) is 1.72. The molecule has 1 heterocycles. The molecule has 2 unspecified atom stereocenters. The van der Waals surface area contributed by atoms with Gasteiger partial charge < -0.3 is 25.2 Å². The van der Waals surface area contributed by atoms with Crippen LogP contribution in [0.1, 0.15) is 51.8 Å². The fourth-order valence-corrected chi connectivity index (χ4v) is 2.71. The van der Waals surface area contributed by atoms with Crippen molar-refractivity contribution in [3.8, 4) is 11.5 Å². The Bertz CT molecular complexity index is 792. The van der Waals surface area contributed by atoms with Crippen LogP contribution in [0.15, 0.2) is 23.4 Å². The molecular weight excluding hydrogens is 348 g/mol. The molecule has 0 aromatic heterocycles. The van der Waals surface area contributed by atoms with Crippen LogP contribution in [0.25, 0.3) is 0 Å². The maximum Gasteiger partial charge on any atom is 0.338 e. The third-order valence-corrected chi connectivity index (χ3v) is 4.83. The summed E-state index contributed by atoms with van der Waals surface area (Å²) in [6.07, 6.45) is -0.320. The molecular formula is C20H28N2O5. The molecule has 0 saturated heterocycles. The summed E-state index contributed by atoms with van der Waals surface area (Å²) in [6, 6.07) is 2.18. The lowest BCUT2D eigenvalue weighted by Gasteiger charge is -2.32. The maximum absolute atomic E-state index is 12.9. The Morgan fingerprint density at radius 3 is 2.44 bits per heavy atom. The number of urea groups is 1. The number of allylic oxidation sites excluding steroid dienone is 1. The summed E-state index contributed by atoms with van der Waals surface area (Å²) in [6.45, 7) is 11.2. The predicted molar refractivity (Wildman–Crippen MR) is 102 cm³/mol. The molecule has 0 radical (unpaired) electrons. The van der Waals surface area contributed by atoms with Gasteiger partial charge in [0.1, 0.15) is 6.10 Å². The van der Waals surface area contributed by atoms with Gasteiger partial charge in [0.05, 0.1) is 18.7 Å². The van der Waals surface area contributed by atoms with Gasteiger partial charge in [0.2, 0.25) is 0 Å². The molecule has 0 bridgehead atoms. The minimum atomic E-state index is -0.716. The van der Waals surface area contributed by atoms with E-state index in [1.165, 1.54) is 7.11 Å². The number of ether oxygens (including phenoxy) is 2. The number of hydrogen-bond acceptors (Lipinski definition) is 5. The summed E-state index contributed by atoms with van der Waals surface area (Å²) < 4.78 is 10.9. The van der Waals surface area contributed by atoms with E-state index in [9.17, 15) is 14.7 Å². The van der Waals surface area contributed by atoms with Crippen LogP contribution in [0.4, 0.5) is 4.79 Å². The summed E-state index contributed by atoms with van der Waals surface area (Å²) in [5.74, 6) is -0.212. The average Bonchev–Trinajstić information content (AvgIpc) is 2.55. The molecule has 1 aliphatic heterocycles. The molecule has 0 aliphatic carbocycles. The first kappa shape index (κ1) is 20.6. The van der Waals surface area contributed by atoms with Gasteiger partial charge in [-0.05, 0) is 49.4 Å². The Kier molecular flexibility index (Phi) is 5.73. The van der Waals surface area contributed by atoms with Crippen molar-refractivity contribution in [2.24, 2.45) is 5.41 Å². The first-order valence-electron chi connectivity index (χ1n) is 8.82. The number of benzene rings is 1. The van der Waals surface area contributed by atoms with E-state index in [1.54, 1.807) is 26.0 Å². The van der Waals surface area contributed by atoms with Crippen molar-refractivity contribution in [3.63, 3.8) is 0 Å². The van der Waals surface area contributed by atoms with Crippen LogP contribution in [-0.2, 0) is 9.53 Å². The monoisotopic (exact) mass is 376 g/mol. The lowest BCUT2D eigenvalue weighted by Crippen LogP contribution is -2.46. The second-order valence-corrected chi connectivity index (χ2v) is 7.87. The van der Waals surface area contributed by atoms with Crippen molar-refractivity contribution in [1.82, 2.24) is 10.6 Å². The fourth-order valence-electron chi connectivity index (χ4n) is 2.71. The molecule has 2 amide bonds. The van der Waals surface area contributed by atoms with Gasteiger partial charge in [-0.3, -0.25) is 0 Å². The van der Waals surface area contributed by atoms with Crippen LogP contribution in [0.2, 0.25) is 0 Å². The Hall–Kier alpha value is -2.70. The Morgan fingerprint density at radius 1 is 1.26 bits per heavy atom. The molecule has 27 heavy (non-hydrogen) atoms. The van der Waals surface area contributed by atoms with E-state index in [2.05, 4.69) is 10.6 Å². The molecule has 2 atom stereocenters. The molecule has 148 valence electrons. The highest BCUT2D eigenvalue weighted by Crippen LogP contribution is 2.36. The number of phenolic OH excluding ortho intramolecular Hbond substituents is 1. The second kappa shape index (κ2) is 7.50. The van der Waals surface area contributed by atoms with Crippen LogP contribution in [0.3, 0.4) is 0 Å². The molecule has 0 fully saturated rings. The van der Waals surface area contributed by atoms with E-state index in [4.69, 9.17) is 9.47 Å². The number of amides is 2. The zero-order chi connectivity index (χ0) is 20.5. The highest BCUT2D eigenvalue weighted by atomic mass is 16.5. The van der Waals surface area contributed by atoms with Crippen molar-refractivity contribution in [1.29, 1.82) is 0 Å². The molecule has 3 N–H and O–H groups in total. The zero-order valence-corrected chi connectivity index (χ0v) is 16.9. The number of rotatable bonds is 4. The lowest BCUT2D eigenvalue weighted by molar-refractivity contribution is -0.149. The van der Waals surface area contributed by atoms with E-state index < -0.39 is 18.0 Å². The number of carbonyl (C=O) groups excluding carboxylic acids is 2. The largest absolute Gasteiger partial charge is 0.504 e. The van der Waals surface area contributed by atoms with E-state index in [0.29, 0.717) is 22.4 Å². The van der Waals surface area contributed by atoms with Crippen molar-refractivity contribution < 1.29 is 24.2 Å². The Morgan fingerprint density at radius 2 is 1.89 bits per heavy atom. The highest BCUT2D eigenvalue weighted by molar-refractivity contribution is 5.95. The van der Waals surface area contributed by atoms with Crippen LogP contribution in [-0.4, -0.2) is 30.3 Å². The van der Waals surface area contributed by atoms with Gasteiger partial charge in [0.15, 0.2) is 11.5 Å². The topological polar surface area (TPSA) is 96.9 Å². The SMILES string of the molecule is COc1cc(C2NC(=O)NC(C)=C2C(=O)OC(C)C(C)(C)C)cc(C)c1O. The maximum atomic E-state index is 12.9. The smallest absolute Gasteiger partial charge is 0.338 e. The van der Waals surface area contributed by atoms with E-state index >= 15 is 0 Å². The van der Waals surface area contributed by atoms with Crippen LogP contribution < -0.4 is 15.4 Å². The van der Waals surface area contributed by atoms with Gasteiger partial charge in [-0.25, -0.2) is 9.59 Å². The molecule has 7 heteroatoms. The number of aromatic hydroxyl groups is 1. The van der Waals surface area contributed by atoms with Gasteiger partial charge in [-0.15, -0.1) is 0 Å².